The second-order valence-corrected chi connectivity index (χ2v) is 31.5. The number of esters is 4. The minimum atomic E-state index is -4.96. The Balaban J connectivity index is 5.26. The fraction of sp³-hybridized carbons (Fsp3) is 0.946. The lowest BCUT2D eigenvalue weighted by atomic mass is 10.0. The molecule has 0 radical (unpaired) electrons. The average molecular weight is 1370 g/mol. The molecule has 0 aliphatic heterocycles. The molecule has 3 N–H and O–H groups in total. The van der Waals surface area contributed by atoms with Crippen LogP contribution in [0, 0.1) is 23.7 Å². The molecule has 0 amide bonds. The summed E-state index contributed by atoms with van der Waals surface area (Å²) in [6.07, 6.45) is 47.2. The Bertz CT molecular complexity index is 1830. The Morgan fingerprint density at radius 1 is 0.269 bits per heavy atom. The first-order chi connectivity index (χ1) is 44.6. The number of aliphatic hydroxyl groups excluding tert-OH is 1. The Hall–Kier alpha value is -1.94. The minimum absolute atomic E-state index is 0.105. The summed E-state index contributed by atoms with van der Waals surface area (Å²) in [5.41, 5.74) is 0. The van der Waals surface area contributed by atoms with Gasteiger partial charge in [-0.2, -0.15) is 0 Å². The molecule has 0 aromatic carbocycles. The van der Waals surface area contributed by atoms with Crippen molar-refractivity contribution in [3.63, 3.8) is 0 Å². The first-order valence-electron chi connectivity index (χ1n) is 38.2. The Kier molecular flexibility index (Phi) is 62.2. The smallest absolute Gasteiger partial charge is 0.462 e. The van der Waals surface area contributed by atoms with Gasteiger partial charge in [-0.3, -0.25) is 37.3 Å². The quantitative estimate of drug-likeness (QED) is 0.0222. The summed E-state index contributed by atoms with van der Waals surface area (Å²) < 4.78 is 68.5. The van der Waals surface area contributed by atoms with Crippen LogP contribution in [0.4, 0.5) is 0 Å². The van der Waals surface area contributed by atoms with E-state index in [2.05, 4.69) is 55.4 Å². The third-order valence-electron chi connectivity index (χ3n) is 17.1. The third kappa shape index (κ3) is 68.4. The van der Waals surface area contributed by atoms with Crippen LogP contribution in [0.15, 0.2) is 0 Å². The maximum atomic E-state index is 13.1. The van der Waals surface area contributed by atoms with Crippen molar-refractivity contribution >= 4 is 39.5 Å². The zero-order valence-corrected chi connectivity index (χ0v) is 62.7. The molecule has 0 spiro atoms. The standard InChI is InChI=1S/C74H144O17P2/c1-64(2)50-42-34-26-18-13-11-9-10-12-14-21-32-40-48-56-73(78)90-69(60-84-71(76)54-46-38-30-23-17-20-28-36-44-52-66(5)6)62-88-92(80,81)86-58-68(75)59-87-93(82,83)89-63-70(61-85-72(77)55-47-39-31-25-24-29-37-45-53-67(7)8)91-74(79)57-49-41-33-22-16-15-19-27-35-43-51-65(3)4/h64-70,75H,9-63H2,1-8H3,(H,80,81)(H,82,83)/t68?,69-,70-/m1/s1. The highest BCUT2D eigenvalue weighted by atomic mass is 31.2. The molecule has 0 heterocycles. The van der Waals surface area contributed by atoms with Crippen LogP contribution >= 0.6 is 15.6 Å². The number of hydrogen-bond acceptors (Lipinski definition) is 15. The van der Waals surface area contributed by atoms with Gasteiger partial charge in [-0.05, 0) is 49.4 Å². The van der Waals surface area contributed by atoms with Gasteiger partial charge >= 0.3 is 39.5 Å². The topological polar surface area (TPSA) is 237 Å². The Labute approximate surface area is 568 Å². The summed E-state index contributed by atoms with van der Waals surface area (Å²) in [7, 11) is -9.91. The lowest BCUT2D eigenvalue weighted by molar-refractivity contribution is -0.161. The number of phosphoric acid groups is 2. The van der Waals surface area contributed by atoms with E-state index in [0.29, 0.717) is 25.7 Å². The van der Waals surface area contributed by atoms with Gasteiger partial charge in [-0.25, -0.2) is 9.13 Å². The van der Waals surface area contributed by atoms with Gasteiger partial charge in [0.2, 0.25) is 0 Å². The number of ether oxygens (including phenoxy) is 4. The largest absolute Gasteiger partial charge is 0.472 e. The summed E-state index contributed by atoms with van der Waals surface area (Å²) in [6, 6.07) is 0. The molecule has 552 valence electrons. The predicted octanol–water partition coefficient (Wildman–Crippen LogP) is 21.3. The Morgan fingerprint density at radius 2 is 0.452 bits per heavy atom. The fourth-order valence-corrected chi connectivity index (χ4v) is 12.8. The number of carbonyl (C=O) groups is 4. The molecule has 0 aromatic heterocycles. The van der Waals surface area contributed by atoms with Crippen molar-refractivity contribution < 1.29 is 80.2 Å². The van der Waals surface area contributed by atoms with Crippen LogP contribution < -0.4 is 0 Å². The molecule has 0 saturated carbocycles. The number of carbonyl (C=O) groups excluding carboxylic acids is 4. The van der Waals surface area contributed by atoms with E-state index in [1.54, 1.807) is 0 Å². The highest BCUT2D eigenvalue weighted by molar-refractivity contribution is 7.47. The molecule has 0 rings (SSSR count). The predicted molar refractivity (Wildman–Crippen MR) is 377 cm³/mol. The number of aliphatic hydroxyl groups is 1. The van der Waals surface area contributed by atoms with Crippen LogP contribution in [-0.4, -0.2) is 96.7 Å². The van der Waals surface area contributed by atoms with Gasteiger partial charge in [0.15, 0.2) is 12.2 Å². The number of unbranched alkanes of at least 4 members (excludes halogenated alkanes) is 37. The minimum Gasteiger partial charge on any atom is -0.462 e. The summed E-state index contributed by atoms with van der Waals surface area (Å²) in [5, 5.41) is 10.6. The van der Waals surface area contributed by atoms with Crippen molar-refractivity contribution in [2.75, 3.05) is 39.6 Å². The summed E-state index contributed by atoms with van der Waals surface area (Å²) >= 11 is 0. The van der Waals surface area contributed by atoms with E-state index in [-0.39, 0.29) is 25.7 Å². The average Bonchev–Trinajstić information content (AvgIpc) is 1.88. The molecule has 3 unspecified atom stereocenters. The Morgan fingerprint density at radius 3 is 0.667 bits per heavy atom. The summed E-state index contributed by atoms with van der Waals surface area (Å²) in [4.78, 5) is 72.7. The lowest BCUT2D eigenvalue weighted by Gasteiger charge is -2.21. The van der Waals surface area contributed by atoms with Crippen molar-refractivity contribution in [1.29, 1.82) is 0 Å². The zero-order chi connectivity index (χ0) is 68.9. The molecule has 0 bridgehead atoms. The van der Waals surface area contributed by atoms with E-state index in [9.17, 15) is 43.2 Å². The molecule has 0 saturated heterocycles. The number of rotatable bonds is 71. The number of hydrogen-bond donors (Lipinski definition) is 3. The molecule has 5 atom stereocenters. The van der Waals surface area contributed by atoms with Crippen molar-refractivity contribution in [2.24, 2.45) is 23.7 Å². The summed E-state index contributed by atoms with van der Waals surface area (Å²) in [5.74, 6) is 0.893. The van der Waals surface area contributed by atoms with Gasteiger partial charge in [0.05, 0.1) is 26.4 Å². The maximum absolute atomic E-state index is 13.1. The maximum Gasteiger partial charge on any atom is 0.472 e. The monoisotopic (exact) mass is 1370 g/mol. The molecule has 93 heavy (non-hydrogen) atoms. The summed E-state index contributed by atoms with van der Waals surface area (Å²) in [6.45, 7) is 14.1. The van der Waals surface area contributed by atoms with Gasteiger partial charge < -0.3 is 33.8 Å². The van der Waals surface area contributed by atoms with Crippen LogP contribution in [0.5, 0.6) is 0 Å². The first kappa shape index (κ1) is 91.1. The van der Waals surface area contributed by atoms with Gasteiger partial charge in [0, 0.05) is 25.7 Å². The van der Waals surface area contributed by atoms with E-state index in [1.165, 1.54) is 173 Å². The molecule has 0 aliphatic rings. The van der Waals surface area contributed by atoms with Crippen molar-refractivity contribution in [3.05, 3.63) is 0 Å². The SMILES string of the molecule is CC(C)CCCCCCCCCCCCCCCCC(=O)O[C@H](COC(=O)CCCCCCCCCCCC(C)C)COP(=O)(O)OCC(O)COP(=O)(O)OC[C@@H](COC(=O)CCCCCCCCCCC(C)C)OC(=O)CCCCCCCCCCCCC(C)C. The van der Waals surface area contributed by atoms with Crippen molar-refractivity contribution in [3.8, 4) is 0 Å². The van der Waals surface area contributed by atoms with Crippen LogP contribution in [0.1, 0.15) is 370 Å². The highest BCUT2D eigenvalue weighted by Crippen LogP contribution is 2.45. The molecule has 0 aromatic rings. The van der Waals surface area contributed by atoms with Gasteiger partial charge in [-0.1, -0.05) is 319 Å². The zero-order valence-electron chi connectivity index (χ0n) is 60.9. The second kappa shape index (κ2) is 63.5. The van der Waals surface area contributed by atoms with E-state index in [1.807, 2.05) is 0 Å². The fourth-order valence-electron chi connectivity index (χ4n) is 11.2. The van der Waals surface area contributed by atoms with E-state index in [0.717, 1.165) is 114 Å². The molecular weight excluding hydrogens is 1220 g/mol. The molecule has 0 aliphatic carbocycles. The van der Waals surface area contributed by atoms with E-state index < -0.39 is 97.5 Å². The molecule has 17 nitrogen and oxygen atoms in total. The molecular formula is C74H144O17P2. The van der Waals surface area contributed by atoms with Crippen molar-refractivity contribution in [1.82, 2.24) is 0 Å². The third-order valence-corrected chi connectivity index (χ3v) is 19.0. The molecule has 19 heteroatoms. The van der Waals surface area contributed by atoms with Crippen molar-refractivity contribution in [2.45, 2.75) is 388 Å². The van der Waals surface area contributed by atoms with E-state index >= 15 is 0 Å². The van der Waals surface area contributed by atoms with Gasteiger partial charge in [0.1, 0.15) is 19.3 Å². The second-order valence-electron chi connectivity index (χ2n) is 28.6. The van der Waals surface area contributed by atoms with Gasteiger partial charge in [0.25, 0.3) is 0 Å². The lowest BCUT2D eigenvalue weighted by Crippen LogP contribution is -2.30. The van der Waals surface area contributed by atoms with E-state index in [4.69, 9.17) is 37.0 Å². The number of phosphoric ester groups is 2. The molecule has 0 fully saturated rings. The highest BCUT2D eigenvalue weighted by Gasteiger charge is 2.30. The van der Waals surface area contributed by atoms with Gasteiger partial charge in [-0.15, -0.1) is 0 Å². The van der Waals surface area contributed by atoms with Crippen LogP contribution in [0.25, 0.3) is 0 Å². The normalized spacial score (nSPS) is 14.2. The first-order valence-corrected chi connectivity index (χ1v) is 41.2. The van der Waals surface area contributed by atoms with Crippen LogP contribution in [0.2, 0.25) is 0 Å². The van der Waals surface area contributed by atoms with Crippen LogP contribution in [-0.2, 0) is 65.4 Å². The van der Waals surface area contributed by atoms with Crippen LogP contribution in [0.3, 0.4) is 0 Å².